The van der Waals surface area contributed by atoms with Crippen molar-refractivity contribution in [1.82, 2.24) is 29.1 Å². The Bertz CT molecular complexity index is 4900. The van der Waals surface area contributed by atoms with Crippen molar-refractivity contribution in [3.8, 4) is 115 Å². The lowest BCUT2D eigenvalue weighted by Gasteiger charge is -2.19. The summed E-state index contributed by atoms with van der Waals surface area (Å²) in [4.78, 5) is 20.1. The predicted octanol–water partition coefficient (Wildman–Crippen LogP) is 14.7. The Balaban J connectivity index is 1.09. The van der Waals surface area contributed by atoms with Crippen LogP contribution in [0.25, 0.3) is 123 Å². The van der Waals surface area contributed by atoms with Crippen molar-refractivity contribution < 1.29 is 0 Å². The van der Waals surface area contributed by atoms with Crippen molar-refractivity contribution in [2.75, 3.05) is 0 Å². The first-order valence-corrected chi connectivity index (χ1v) is 25.2. The number of aromatic nitrogens is 6. The lowest BCUT2D eigenvalue weighted by molar-refractivity contribution is 1.07. The summed E-state index contributed by atoms with van der Waals surface area (Å²) in [5.74, 6) is 1.48. The van der Waals surface area contributed by atoms with Gasteiger partial charge in [0.2, 0.25) is 0 Å². The van der Waals surface area contributed by atoms with Crippen molar-refractivity contribution >= 4 is 43.6 Å². The van der Waals surface area contributed by atoms with Crippen LogP contribution in [0.15, 0.2) is 207 Å². The van der Waals surface area contributed by atoms with Gasteiger partial charge in [-0.1, -0.05) is 109 Å². The number of nitriles is 6. The SMILES string of the molecule is N#Cc1cc(C#N)c(-c2ccc3c(c2)c2ccccc2n3-c2ccc(-c3nc(-c4ccccc4)nc(-c4ccccc4)n3)cc2-c2ccncc2-n2c3ccccc3c3cc(-c4c(C#N)cc(C#N)cc4C#N)ccc32)c(C#N)c1. The lowest BCUT2D eigenvalue weighted by atomic mass is 9.92. The monoisotopic (exact) mass is 1020 g/mol. The summed E-state index contributed by atoms with van der Waals surface area (Å²) in [6, 6.07) is 75.0. The van der Waals surface area contributed by atoms with Crippen molar-refractivity contribution in [1.29, 1.82) is 31.6 Å². The number of rotatable bonds is 8. The maximum atomic E-state index is 10.3. The molecule has 0 N–H and O–H groups in total. The molecule has 13 rings (SSSR count). The highest BCUT2D eigenvalue weighted by Gasteiger charge is 2.25. The van der Waals surface area contributed by atoms with Crippen LogP contribution in [-0.4, -0.2) is 29.1 Å². The van der Waals surface area contributed by atoms with Crippen LogP contribution < -0.4 is 0 Å². The number of nitrogens with zero attached hydrogens (tertiary/aromatic N) is 12. The summed E-state index contributed by atoms with van der Waals surface area (Å²) < 4.78 is 4.40. The number of para-hydroxylation sites is 2. The maximum absolute atomic E-state index is 10.3. The van der Waals surface area contributed by atoms with E-state index in [-0.39, 0.29) is 33.4 Å². The van der Waals surface area contributed by atoms with Crippen LogP contribution in [0.2, 0.25) is 0 Å². The number of pyridine rings is 1. The Morgan fingerprint density at radius 1 is 0.312 bits per heavy atom. The number of fused-ring (bicyclic) bond motifs is 6. The second-order valence-corrected chi connectivity index (χ2v) is 18.9. The molecule has 0 aliphatic rings. The molecule has 0 spiro atoms. The third kappa shape index (κ3) is 7.80. The van der Waals surface area contributed by atoms with Gasteiger partial charge in [-0.25, -0.2) is 15.0 Å². The largest absolute Gasteiger partial charge is 0.309 e. The van der Waals surface area contributed by atoms with Gasteiger partial charge in [0.1, 0.15) is 0 Å². The summed E-state index contributed by atoms with van der Waals surface area (Å²) in [7, 11) is 0. The molecule has 9 aromatic carbocycles. The molecule has 366 valence electrons. The van der Waals surface area contributed by atoms with E-state index in [1.165, 1.54) is 24.3 Å². The zero-order chi connectivity index (χ0) is 54.4. The molecule has 4 aromatic heterocycles. The van der Waals surface area contributed by atoms with Crippen LogP contribution in [0.4, 0.5) is 0 Å². The van der Waals surface area contributed by atoms with Gasteiger partial charge in [-0.3, -0.25) is 4.98 Å². The molecule has 0 amide bonds. The summed E-state index contributed by atoms with van der Waals surface area (Å²) >= 11 is 0. The Morgan fingerprint density at radius 2 is 0.725 bits per heavy atom. The van der Waals surface area contributed by atoms with Gasteiger partial charge < -0.3 is 9.13 Å². The Hall–Kier alpha value is -12.3. The smallest absolute Gasteiger partial charge is 0.164 e. The Morgan fingerprint density at radius 3 is 1.19 bits per heavy atom. The second-order valence-electron chi connectivity index (χ2n) is 18.9. The molecule has 0 aliphatic heterocycles. The van der Waals surface area contributed by atoms with Crippen LogP contribution in [0.5, 0.6) is 0 Å². The zero-order valence-corrected chi connectivity index (χ0v) is 42.0. The molecule has 0 atom stereocenters. The molecule has 13 aromatic rings. The average Bonchev–Trinajstić information content (AvgIpc) is 4.06. The van der Waals surface area contributed by atoms with Crippen molar-refractivity contribution in [3.63, 3.8) is 0 Å². The molecule has 4 heterocycles. The topological polar surface area (TPSA) is 204 Å². The van der Waals surface area contributed by atoms with Crippen molar-refractivity contribution in [2.45, 2.75) is 0 Å². The highest BCUT2D eigenvalue weighted by Crippen LogP contribution is 2.44. The first-order chi connectivity index (χ1) is 39.4. The maximum Gasteiger partial charge on any atom is 0.164 e. The van der Waals surface area contributed by atoms with E-state index < -0.39 is 0 Å². The third-order valence-electron chi connectivity index (χ3n) is 14.5. The van der Waals surface area contributed by atoms with E-state index in [4.69, 9.17) is 19.9 Å². The van der Waals surface area contributed by atoms with Crippen LogP contribution in [0.3, 0.4) is 0 Å². The van der Waals surface area contributed by atoms with Crippen LogP contribution >= 0.6 is 0 Å². The molecular weight excluding hydrogens is 985 g/mol. The fraction of sp³-hybridized carbons (Fsp3) is 0. The van der Waals surface area contributed by atoms with E-state index in [0.29, 0.717) is 39.7 Å². The summed E-state index contributed by atoms with van der Waals surface area (Å²) in [6.45, 7) is 0. The van der Waals surface area contributed by atoms with E-state index in [2.05, 4.69) is 75.9 Å². The highest BCUT2D eigenvalue weighted by molar-refractivity contribution is 6.13. The van der Waals surface area contributed by atoms with Gasteiger partial charge in [0, 0.05) is 66.7 Å². The van der Waals surface area contributed by atoms with E-state index in [0.717, 1.165) is 82.8 Å². The molecule has 0 bridgehead atoms. The van der Waals surface area contributed by atoms with Gasteiger partial charge in [0.25, 0.3) is 0 Å². The lowest BCUT2D eigenvalue weighted by Crippen LogP contribution is -2.04. The quantitative estimate of drug-likeness (QED) is 0.141. The summed E-state index contributed by atoms with van der Waals surface area (Å²) in [5, 5.41) is 64.4. The second kappa shape index (κ2) is 19.4. The molecule has 0 aliphatic carbocycles. The van der Waals surface area contributed by atoms with Crippen LogP contribution in [-0.2, 0) is 0 Å². The Kier molecular flexibility index (Phi) is 11.5. The van der Waals surface area contributed by atoms with Crippen molar-refractivity contribution in [2.24, 2.45) is 0 Å². The summed E-state index contributed by atoms with van der Waals surface area (Å²) in [6.07, 6.45) is 3.63. The molecule has 0 saturated carbocycles. The summed E-state index contributed by atoms with van der Waals surface area (Å²) in [5.41, 5.74) is 12.6. The van der Waals surface area contributed by atoms with Gasteiger partial charge in [0.05, 0.1) is 109 Å². The highest BCUT2D eigenvalue weighted by atomic mass is 15.0. The first kappa shape index (κ1) is 47.4. The molecule has 0 radical (unpaired) electrons. The molecular formula is C68H34N12. The number of hydrogen-bond donors (Lipinski definition) is 0. The molecule has 12 heteroatoms. The van der Waals surface area contributed by atoms with Gasteiger partial charge in [-0.2, -0.15) is 31.6 Å². The fourth-order valence-electron chi connectivity index (χ4n) is 11.0. The minimum atomic E-state index is 0.227. The fourth-order valence-corrected chi connectivity index (χ4v) is 11.0. The van der Waals surface area contributed by atoms with Crippen molar-refractivity contribution in [3.05, 3.63) is 240 Å². The first-order valence-electron chi connectivity index (χ1n) is 25.2. The molecule has 80 heavy (non-hydrogen) atoms. The van der Waals surface area contributed by atoms with Crippen LogP contribution in [0.1, 0.15) is 33.4 Å². The molecule has 0 saturated heterocycles. The number of benzene rings is 9. The normalized spacial score (nSPS) is 10.9. The van der Waals surface area contributed by atoms with E-state index in [1.807, 2.05) is 146 Å². The number of hydrogen-bond acceptors (Lipinski definition) is 10. The predicted molar refractivity (Wildman–Crippen MR) is 307 cm³/mol. The van der Waals surface area contributed by atoms with E-state index in [1.54, 1.807) is 6.20 Å². The van der Waals surface area contributed by atoms with Gasteiger partial charge in [-0.05, 0) is 96.1 Å². The van der Waals surface area contributed by atoms with Gasteiger partial charge in [-0.15, -0.1) is 0 Å². The minimum absolute atomic E-state index is 0.227. The molecule has 12 nitrogen and oxygen atoms in total. The van der Waals surface area contributed by atoms with E-state index >= 15 is 0 Å². The molecule has 0 fully saturated rings. The van der Waals surface area contributed by atoms with Gasteiger partial charge >= 0.3 is 0 Å². The molecule has 0 unspecified atom stereocenters. The van der Waals surface area contributed by atoms with Crippen LogP contribution in [0, 0.1) is 68.0 Å². The average molecular weight is 1020 g/mol. The Labute approximate surface area is 457 Å². The zero-order valence-electron chi connectivity index (χ0n) is 42.0. The van der Waals surface area contributed by atoms with E-state index in [9.17, 15) is 31.6 Å². The van der Waals surface area contributed by atoms with Gasteiger partial charge in [0.15, 0.2) is 17.5 Å². The third-order valence-corrected chi connectivity index (χ3v) is 14.5. The minimum Gasteiger partial charge on any atom is -0.309 e. The standard InChI is InChI=1S/C68H34N12/c69-34-41-27-48(36-71)64(49(28-41)37-72)45-19-22-60-55(31-45)52-15-7-9-17-58(52)79(60)61-24-21-47(68-77-66(43-11-3-1-4-12-43)76-67(78-68)44-13-5-2-6-14-44)33-57(61)54-25-26-75-40-63(54)80-59-18-10-8-16-53(59)56-32-46(20-23-62(56)80)65-50(38-73)29-42(35-70)30-51(65)39-74/h1-33,40H.